The normalized spacial score (nSPS) is 27.1. The van der Waals surface area contributed by atoms with E-state index < -0.39 is 17.5 Å². The minimum absolute atomic E-state index is 0.207. The molecule has 3 aliphatic carbocycles. The average Bonchev–Trinajstić information content (AvgIpc) is 3.37. The number of hydrogen-bond acceptors (Lipinski definition) is 2. The fraction of sp³-hybridized carbons (Fsp3) is 0.333. The molecule has 0 radical (unpaired) electrons. The molecule has 1 saturated carbocycles. The van der Waals surface area contributed by atoms with Gasteiger partial charge in [0.25, 0.3) is 5.91 Å². The number of halogens is 4. The van der Waals surface area contributed by atoms with Crippen LogP contribution in [0.5, 0.6) is 0 Å². The van der Waals surface area contributed by atoms with Crippen molar-refractivity contribution < 1.29 is 13.6 Å². The van der Waals surface area contributed by atoms with E-state index in [4.69, 9.17) is 23.2 Å². The summed E-state index contributed by atoms with van der Waals surface area (Å²) in [6, 6.07) is 5.11. The van der Waals surface area contributed by atoms with E-state index in [0.717, 1.165) is 48.7 Å². The summed E-state index contributed by atoms with van der Waals surface area (Å²) in [5.74, 6) is -2.75. The first kappa shape index (κ1) is 18.8. The fourth-order valence-electron chi connectivity index (χ4n) is 4.67. The monoisotopic (exact) mass is 435 g/mol. The van der Waals surface area contributed by atoms with E-state index in [-0.39, 0.29) is 18.0 Å². The molecule has 0 saturated heterocycles. The molecule has 1 amide bonds. The van der Waals surface area contributed by atoms with Gasteiger partial charge in [0, 0.05) is 22.9 Å². The van der Waals surface area contributed by atoms with Crippen LogP contribution in [0, 0.1) is 0 Å². The van der Waals surface area contributed by atoms with Gasteiger partial charge in [-0.15, -0.1) is 0 Å². The fourth-order valence-corrected chi connectivity index (χ4v) is 5.16. The van der Waals surface area contributed by atoms with Gasteiger partial charge in [-0.3, -0.25) is 4.79 Å². The number of rotatable bonds is 3. The lowest BCUT2D eigenvalue weighted by Gasteiger charge is -2.23. The number of hydrogen-bond donors (Lipinski definition) is 1. The van der Waals surface area contributed by atoms with Crippen LogP contribution < -0.4 is 5.32 Å². The van der Waals surface area contributed by atoms with Crippen LogP contribution in [0.3, 0.4) is 0 Å². The van der Waals surface area contributed by atoms with Gasteiger partial charge in [-0.1, -0.05) is 23.2 Å². The van der Waals surface area contributed by atoms with Gasteiger partial charge in [-0.2, -0.15) is 5.10 Å². The van der Waals surface area contributed by atoms with E-state index in [9.17, 15) is 13.6 Å². The van der Waals surface area contributed by atoms with Gasteiger partial charge in [0.1, 0.15) is 5.83 Å². The molecule has 4 nitrogen and oxygen atoms in total. The molecular formula is C21H17Cl2F2N3O. The number of nitrogens with zero attached hydrogens (tertiary/aromatic N) is 2. The standard InChI is InChI=1S/C21H17Cl2F2N3O/c22-13-3-4-16(15(23)10-13)28-19-12-2-1-11(9-12)17(19)18(27-28)20(29)26-21(25)7-5-14(24)6-8-21/h3-7,10-12H,1-2,8-9H2,(H,26,29). The van der Waals surface area contributed by atoms with Gasteiger partial charge in [-0.25, -0.2) is 13.5 Å². The van der Waals surface area contributed by atoms with Crippen molar-refractivity contribution in [1.29, 1.82) is 0 Å². The van der Waals surface area contributed by atoms with Gasteiger partial charge in [0.15, 0.2) is 5.69 Å². The van der Waals surface area contributed by atoms with E-state index >= 15 is 0 Å². The Morgan fingerprint density at radius 1 is 1.28 bits per heavy atom. The van der Waals surface area contributed by atoms with Gasteiger partial charge in [-0.05, 0) is 61.6 Å². The molecule has 150 valence electrons. The summed E-state index contributed by atoms with van der Waals surface area (Å²) in [4.78, 5) is 13.0. The second-order valence-electron chi connectivity index (χ2n) is 7.81. The van der Waals surface area contributed by atoms with Gasteiger partial charge in [0.2, 0.25) is 5.79 Å². The lowest BCUT2D eigenvalue weighted by atomic mass is 9.95. The molecule has 3 unspecified atom stereocenters. The van der Waals surface area contributed by atoms with E-state index in [1.807, 2.05) is 0 Å². The molecule has 0 aliphatic heterocycles. The van der Waals surface area contributed by atoms with Crippen molar-refractivity contribution in [3.05, 3.63) is 69.3 Å². The van der Waals surface area contributed by atoms with Crippen LogP contribution in [-0.2, 0) is 0 Å². The number of benzene rings is 1. The Bertz CT molecular complexity index is 1090. The molecule has 1 N–H and O–H groups in total. The Morgan fingerprint density at radius 2 is 2.07 bits per heavy atom. The Morgan fingerprint density at radius 3 is 2.79 bits per heavy atom. The number of fused-ring (bicyclic) bond motifs is 5. The highest BCUT2D eigenvalue weighted by molar-refractivity contribution is 6.35. The van der Waals surface area contributed by atoms with Crippen LogP contribution in [0.25, 0.3) is 5.69 Å². The number of allylic oxidation sites excluding steroid dienone is 2. The molecule has 0 spiro atoms. The number of alkyl halides is 1. The lowest BCUT2D eigenvalue weighted by molar-refractivity contribution is 0.0811. The maximum atomic E-state index is 15.0. The van der Waals surface area contributed by atoms with E-state index in [1.165, 1.54) is 0 Å². The summed E-state index contributed by atoms with van der Waals surface area (Å²) in [5, 5.41) is 7.85. The summed E-state index contributed by atoms with van der Waals surface area (Å²) >= 11 is 12.4. The highest BCUT2D eigenvalue weighted by Crippen LogP contribution is 2.55. The van der Waals surface area contributed by atoms with Crippen molar-refractivity contribution in [2.75, 3.05) is 0 Å². The zero-order valence-corrected chi connectivity index (χ0v) is 16.8. The van der Waals surface area contributed by atoms with Crippen molar-refractivity contribution in [3.8, 4) is 5.69 Å². The molecule has 3 atom stereocenters. The minimum Gasteiger partial charge on any atom is -0.315 e. The summed E-state index contributed by atoms with van der Waals surface area (Å²) in [6.45, 7) is 0. The third kappa shape index (κ3) is 3.09. The average molecular weight is 436 g/mol. The van der Waals surface area contributed by atoms with Crippen molar-refractivity contribution in [2.24, 2.45) is 0 Å². The Balaban J connectivity index is 1.56. The summed E-state index contributed by atoms with van der Waals surface area (Å²) in [5.41, 5.74) is 2.68. The molecule has 1 aromatic heterocycles. The second kappa shape index (κ2) is 6.67. The molecular weight excluding hydrogens is 419 g/mol. The van der Waals surface area contributed by atoms with Crippen molar-refractivity contribution in [3.63, 3.8) is 0 Å². The van der Waals surface area contributed by atoms with E-state index in [1.54, 1.807) is 22.9 Å². The van der Waals surface area contributed by atoms with Crippen LogP contribution >= 0.6 is 23.2 Å². The summed E-state index contributed by atoms with van der Waals surface area (Å²) in [7, 11) is 0. The van der Waals surface area contributed by atoms with Crippen LogP contribution in [0.1, 0.15) is 59.3 Å². The second-order valence-corrected chi connectivity index (χ2v) is 8.65. The zero-order valence-electron chi connectivity index (χ0n) is 15.3. The topological polar surface area (TPSA) is 46.9 Å². The number of nitrogens with one attached hydrogen (secondary N) is 1. The zero-order chi connectivity index (χ0) is 20.3. The molecule has 1 fully saturated rings. The summed E-state index contributed by atoms with van der Waals surface area (Å²) in [6.07, 6.45) is 5.84. The molecule has 1 aromatic carbocycles. The Labute approximate surface area is 176 Å². The van der Waals surface area contributed by atoms with E-state index in [0.29, 0.717) is 21.7 Å². The summed E-state index contributed by atoms with van der Waals surface area (Å²) < 4.78 is 29.8. The Hall–Kier alpha value is -2.18. The van der Waals surface area contributed by atoms with Crippen LogP contribution in [0.2, 0.25) is 10.0 Å². The maximum Gasteiger partial charge on any atom is 0.274 e. The molecule has 3 aliphatic rings. The lowest BCUT2D eigenvalue weighted by Crippen LogP contribution is -2.44. The number of amides is 1. The first-order chi connectivity index (χ1) is 13.8. The molecule has 2 aromatic rings. The van der Waals surface area contributed by atoms with Gasteiger partial charge in [0.05, 0.1) is 16.4 Å². The van der Waals surface area contributed by atoms with Gasteiger partial charge >= 0.3 is 0 Å². The molecule has 1 heterocycles. The van der Waals surface area contributed by atoms with Crippen molar-refractivity contribution in [1.82, 2.24) is 15.1 Å². The third-order valence-electron chi connectivity index (χ3n) is 5.96. The first-order valence-corrected chi connectivity index (χ1v) is 10.2. The highest BCUT2D eigenvalue weighted by Gasteiger charge is 2.45. The molecule has 2 bridgehead atoms. The predicted molar refractivity (Wildman–Crippen MR) is 107 cm³/mol. The first-order valence-electron chi connectivity index (χ1n) is 9.49. The number of aromatic nitrogens is 2. The quantitative estimate of drug-likeness (QED) is 0.623. The molecule has 29 heavy (non-hydrogen) atoms. The van der Waals surface area contributed by atoms with Crippen LogP contribution in [0.15, 0.2) is 42.3 Å². The van der Waals surface area contributed by atoms with Crippen molar-refractivity contribution in [2.45, 2.75) is 43.3 Å². The Kier molecular flexibility index (Phi) is 4.33. The minimum atomic E-state index is -2.14. The largest absolute Gasteiger partial charge is 0.315 e. The third-order valence-corrected chi connectivity index (χ3v) is 6.50. The predicted octanol–water partition coefficient (Wildman–Crippen LogP) is 5.75. The smallest absolute Gasteiger partial charge is 0.274 e. The van der Waals surface area contributed by atoms with E-state index in [2.05, 4.69) is 10.4 Å². The highest BCUT2D eigenvalue weighted by atomic mass is 35.5. The SMILES string of the molecule is O=C(NC1(F)C=CC(F)=CC1)c1nn(-c2ccc(Cl)cc2Cl)c2c1C1CCC2C1. The van der Waals surface area contributed by atoms with Crippen molar-refractivity contribution >= 4 is 29.1 Å². The molecule has 5 rings (SSSR count). The van der Waals surface area contributed by atoms with Crippen LogP contribution in [-0.4, -0.2) is 21.5 Å². The van der Waals surface area contributed by atoms with Crippen LogP contribution in [0.4, 0.5) is 8.78 Å². The number of carbonyl (C=O) groups is 1. The maximum absolute atomic E-state index is 15.0. The number of carbonyl (C=O) groups excluding carboxylic acids is 1. The van der Waals surface area contributed by atoms with Gasteiger partial charge < -0.3 is 5.32 Å². The molecule has 8 heteroatoms.